The Morgan fingerprint density at radius 3 is 2.00 bits per heavy atom. The predicted molar refractivity (Wildman–Crippen MR) is 116 cm³/mol. The number of carbonyl (C=O) groups is 1. The molecule has 3 aromatic heterocycles. The van der Waals surface area contributed by atoms with Crippen LogP contribution in [0.4, 0.5) is 0 Å². The average Bonchev–Trinajstić information content (AvgIpc) is 2.80. The van der Waals surface area contributed by atoms with Gasteiger partial charge >= 0.3 is 5.97 Å². The summed E-state index contributed by atoms with van der Waals surface area (Å²) in [5.74, 6) is -2.04. The molecular formula is C22H17N3O6RuS. The summed E-state index contributed by atoms with van der Waals surface area (Å²) in [7, 11) is -4.45. The van der Waals surface area contributed by atoms with Crippen LogP contribution in [0.2, 0.25) is 0 Å². The normalized spacial score (nSPS) is 10.3. The van der Waals surface area contributed by atoms with Gasteiger partial charge in [0.2, 0.25) is 0 Å². The summed E-state index contributed by atoms with van der Waals surface area (Å²) in [5, 5.41) is 17.5. The summed E-state index contributed by atoms with van der Waals surface area (Å²) in [4.78, 5) is 22.6. The number of hydrogen-bond donors (Lipinski definition) is 3. The molecule has 3 heterocycles. The maximum absolute atomic E-state index is 10.6. The Bertz CT molecular complexity index is 1280. The summed E-state index contributed by atoms with van der Waals surface area (Å²) >= 11 is 0. The summed E-state index contributed by atoms with van der Waals surface area (Å²) < 4.78 is 29.8. The van der Waals surface area contributed by atoms with Crippen molar-refractivity contribution in [3.8, 4) is 28.1 Å². The number of phenols is 1. The zero-order valence-electron chi connectivity index (χ0n) is 16.8. The number of rotatable bonds is 4. The van der Waals surface area contributed by atoms with E-state index in [0.29, 0.717) is 6.07 Å². The topological polar surface area (TPSA) is 151 Å². The van der Waals surface area contributed by atoms with Gasteiger partial charge in [-0.15, -0.1) is 0 Å². The molecule has 0 atom stereocenters. The fourth-order valence-electron chi connectivity index (χ4n) is 2.74. The monoisotopic (exact) mass is 553 g/mol. The first-order valence-corrected chi connectivity index (χ1v) is 10.5. The van der Waals surface area contributed by atoms with Crippen LogP contribution in [0.3, 0.4) is 0 Å². The Hall–Kier alpha value is -3.53. The summed E-state index contributed by atoms with van der Waals surface area (Å²) in [6, 6.07) is 14.3. The van der Waals surface area contributed by atoms with Crippen molar-refractivity contribution in [3.05, 3.63) is 91.1 Å². The molecule has 0 spiro atoms. The molecule has 0 unspecified atom stereocenters. The number of carboxylic acid groups (broad SMARTS) is 1. The van der Waals surface area contributed by atoms with E-state index in [-0.39, 0.29) is 19.5 Å². The number of aromatic nitrogens is 3. The molecular weight excluding hydrogens is 535 g/mol. The largest absolute Gasteiger partial charge is 0.507 e. The number of benzene rings is 1. The zero-order valence-corrected chi connectivity index (χ0v) is 19.3. The van der Waals surface area contributed by atoms with Crippen molar-refractivity contribution in [1.82, 2.24) is 15.0 Å². The van der Waals surface area contributed by atoms with Crippen molar-refractivity contribution in [1.29, 1.82) is 0 Å². The number of carboxylic acids is 1. The first kappa shape index (κ1) is 25.7. The van der Waals surface area contributed by atoms with Gasteiger partial charge < -0.3 is 10.2 Å². The van der Waals surface area contributed by atoms with Gasteiger partial charge in [0, 0.05) is 67.2 Å². The Kier molecular flexibility index (Phi) is 8.87. The van der Waals surface area contributed by atoms with Crippen LogP contribution < -0.4 is 0 Å². The van der Waals surface area contributed by atoms with Gasteiger partial charge in [0.25, 0.3) is 10.1 Å². The van der Waals surface area contributed by atoms with E-state index in [4.69, 9.17) is 14.8 Å². The second-order valence-electron chi connectivity index (χ2n) is 6.34. The van der Waals surface area contributed by atoms with Crippen molar-refractivity contribution < 1.29 is 47.5 Å². The maximum Gasteiger partial charge on any atom is 0.339 e. The van der Waals surface area contributed by atoms with E-state index in [1.54, 1.807) is 18.6 Å². The third-order valence-corrected chi connectivity index (χ3v) is 5.06. The second kappa shape index (κ2) is 11.4. The smallest absolute Gasteiger partial charge is 0.339 e. The van der Waals surface area contributed by atoms with Gasteiger partial charge in [-0.2, -0.15) is 8.42 Å². The van der Waals surface area contributed by atoms with E-state index in [1.165, 1.54) is 0 Å². The van der Waals surface area contributed by atoms with E-state index in [1.807, 2.05) is 48.8 Å². The molecule has 33 heavy (non-hydrogen) atoms. The van der Waals surface area contributed by atoms with Crippen molar-refractivity contribution >= 4 is 16.1 Å². The van der Waals surface area contributed by atoms with Crippen LogP contribution in [0.1, 0.15) is 10.4 Å². The first-order valence-electron chi connectivity index (χ1n) is 9.07. The molecule has 4 rings (SSSR count). The molecule has 9 nitrogen and oxygen atoms in total. The van der Waals surface area contributed by atoms with Gasteiger partial charge in [0.05, 0.1) is 10.6 Å². The van der Waals surface area contributed by atoms with Crippen molar-refractivity contribution in [3.63, 3.8) is 0 Å². The van der Waals surface area contributed by atoms with Gasteiger partial charge in [-0.25, -0.2) is 4.79 Å². The first-order chi connectivity index (χ1) is 15.3. The van der Waals surface area contributed by atoms with Crippen molar-refractivity contribution in [2.45, 2.75) is 4.90 Å². The molecule has 0 amide bonds. The average molecular weight is 553 g/mol. The fourth-order valence-corrected chi connectivity index (χ4v) is 3.25. The number of hydrogen-bond acceptors (Lipinski definition) is 7. The SMILES string of the molecule is O=C(O)c1cc(S(=O)(=O)O)ccc1O.[Ru].c1cncc(-c2cccnc2-c2cccnc2)c1. The Balaban J connectivity index is 0.000000235. The molecule has 0 aliphatic carbocycles. The molecule has 0 saturated heterocycles. The van der Waals surface area contributed by atoms with Crippen LogP contribution in [0.25, 0.3) is 22.4 Å². The van der Waals surface area contributed by atoms with Gasteiger partial charge in [-0.3, -0.25) is 19.5 Å². The fraction of sp³-hybridized carbons (Fsp3) is 0. The molecule has 11 heteroatoms. The maximum atomic E-state index is 10.6. The van der Waals surface area contributed by atoms with Crippen LogP contribution in [0.5, 0.6) is 5.75 Å². The third kappa shape index (κ3) is 6.72. The molecule has 0 fully saturated rings. The molecule has 4 aromatic rings. The molecule has 0 aliphatic heterocycles. The van der Waals surface area contributed by atoms with Crippen LogP contribution >= 0.6 is 0 Å². The van der Waals surface area contributed by atoms with Crippen molar-refractivity contribution in [2.75, 3.05) is 0 Å². The Morgan fingerprint density at radius 1 is 0.848 bits per heavy atom. The summed E-state index contributed by atoms with van der Waals surface area (Å²) in [5.41, 5.74) is 3.48. The Morgan fingerprint density at radius 2 is 1.45 bits per heavy atom. The number of pyridine rings is 3. The molecule has 0 radical (unpaired) electrons. The van der Waals surface area contributed by atoms with Crippen LogP contribution in [0, 0.1) is 0 Å². The van der Waals surface area contributed by atoms with Gasteiger partial charge in [-0.1, -0.05) is 12.1 Å². The minimum atomic E-state index is -4.45. The number of aromatic hydroxyl groups is 1. The standard InChI is InChI=1S/C15H11N3.C7H6O6S.Ru/c1-4-12(10-16-7-1)14-6-3-9-18-15(14)13-5-2-8-17-11-13;8-6-2-1-4(14(11,12)13)3-5(6)7(9)10;/h1-11H;1-3,8H,(H,9,10)(H,11,12,13);. The molecule has 0 aliphatic rings. The van der Waals surface area contributed by atoms with E-state index < -0.39 is 32.3 Å². The number of nitrogens with zero attached hydrogens (tertiary/aromatic N) is 3. The van der Waals surface area contributed by atoms with Gasteiger partial charge in [-0.05, 0) is 42.5 Å². The zero-order chi connectivity index (χ0) is 23.1. The molecule has 170 valence electrons. The van der Waals surface area contributed by atoms with E-state index in [2.05, 4.69) is 15.0 Å². The minimum absolute atomic E-state index is 0. The Labute approximate surface area is 202 Å². The van der Waals surface area contributed by atoms with Crippen molar-refractivity contribution in [2.24, 2.45) is 0 Å². The third-order valence-electron chi connectivity index (χ3n) is 4.21. The van der Waals surface area contributed by atoms with E-state index >= 15 is 0 Å². The number of aromatic carboxylic acids is 1. The molecule has 3 N–H and O–H groups in total. The summed E-state index contributed by atoms with van der Waals surface area (Å²) in [6.45, 7) is 0. The molecule has 1 aromatic carbocycles. The minimum Gasteiger partial charge on any atom is -0.507 e. The van der Waals surface area contributed by atoms with E-state index in [9.17, 15) is 13.2 Å². The molecule has 0 bridgehead atoms. The van der Waals surface area contributed by atoms with Gasteiger partial charge in [0.1, 0.15) is 11.3 Å². The quantitative estimate of drug-likeness (QED) is 0.255. The van der Waals surface area contributed by atoms with Crippen LogP contribution in [0.15, 0.2) is 90.5 Å². The van der Waals surface area contributed by atoms with Crippen LogP contribution in [-0.2, 0) is 29.6 Å². The second-order valence-corrected chi connectivity index (χ2v) is 7.76. The van der Waals surface area contributed by atoms with E-state index in [0.717, 1.165) is 34.5 Å². The van der Waals surface area contributed by atoms with Crippen LogP contribution in [-0.4, -0.2) is 44.1 Å². The predicted octanol–water partition coefficient (Wildman–Crippen LogP) is 3.54. The van der Waals surface area contributed by atoms with Gasteiger partial charge in [0.15, 0.2) is 0 Å². The summed E-state index contributed by atoms with van der Waals surface area (Å²) in [6.07, 6.45) is 8.99. The molecule has 0 saturated carbocycles.